The van der Waals surface area contributed by atoms with E-state index in [-0.39, 0.29) is 5.91 Å². The van der Waals surface area contributed by atoms with Gasteiger partial charge < -0.3 is 10.1 Å². The number of amides is 1. The lowest BCUT2D eigenvalue weighted by atomic mass is 10.3. The lowest BCUT2D eigenvalue weighted by molar-refractivity contribution is -0.129. The third kappa shape index (κ3) is 3.64. The van der Waals surface area contributed by atoms with E-state index in [1.54, 1.807) is 24.3 Å². The lowest BCUT2D eigenvalue weighted by Crippen LogP contribution is -2.06. The molecule has 0 spiro atoms. The van der Waals surface area contributed by atoms with Gasteiger partial charge in [-0.05, 0) is 24.3 Å². The smallest absolute Gasteiger partial charge is 0.335 e. The van der Waals surface area contributed by atoms with E-state index in [0.717, 1.165) is 6.08 Å². The molecule has 0 radical (unpaired) electrons. The van der Waals surface area contributed by atoms with Crippen molar-refractivity contribution >= 4 is 17.6 Å². The van der Waals surface area contributed by atoms with E-state index in [1.807, 2.05) is 0 Å². The molecule has 1 aromatic rings. The van der Waals surface area contributed by atoms with Gasteiger partial charge in [-0.1, -0.05) is 6.58 Å². The summed E-state index contributed by atoms with van der Waals surface area (Å²) in [5.74, 6) is -0.248. The van der Waals surface area contributed by atoms with Crippen LogP contribution in [-0.2, 0) is 9.59 Å². The lowest BCUT2D eigenvalue weighted by Gasteiger charge is -2.03. The molecule has 1 rings (SSSR count). The predicted molar refractivity (Wildman–Crippen MR) is 56.6 cm³/mol. The second-order valence-electron chi connectivity index (χ2n) is 2.83. The molecule has 0 saturated heterocycles. The van der Waals surface area contributed by atoms with E-state index in [1.165, 1.54) is 6.92 Å². The van der Waals surface area contributed by atoms with Crippen molar-refractivity contribution in [3.63, 3.8) is 0 Å². The fraction of sp³-hybridized carbons (Fsp3) is 0.0909. The molecule has 1 N–H and O–H groups in total. The summed E-state index contributed by atoms with van der Waals surface area (Å²) in [4.78, 5) is 21.5. The zero-order valence-electron chi connectivity index (χ0n) is 8.32. The maximum atomic E-state index is 10.8. The molecule has 0 bridgehead atoms. The van der Waals surface area contributed by atoms with E-state index < -0.39 is 5.97 Å². The molecule has 4 heteroatoms. The number of carbonyl (C=O) groups excluding carboxylic acids is 2. The van der Waals surface area contributed by atoms with Crippen molar-refractivity contribution in [3.8, 4) is 5.75 Å². The summed E-state index contributed by atoms with van der Waals surface area (Å²) in [6, 6.07) is 6.47. The number of benzene rings is 1. The molecule has 15 heavy (non-hydrogen) atoms. The second-order valence-corrected chi connectivity index (χ2v) is 2.83. The number of anilines is 1. The van der Waals surface area contributed by atoms with Crippen molar-refractivity contribution in [1.29, 1.82) is 0 Å². The molecule has 0 aliphatic rings. The van der Waals surface area contributed by atoms with Crippen LogP contribution in [0.25, 0.3) is 0 Å². The molecule has 0 aromatic heterocycles. The first kappa shape index (κ1) is 11.0. The van der Waals surface area contributed by atoms with Crippen LogP contribution in [0.15, 0.2) is 36.9 Å². The third-order valence-electron chi connectivity index (χ3n) is 1.56. The SMILES string of the molecule is C=CC(=O)Oc1ccc(NC(C)=O)cc1. The van der Waals surface area contributed by atoms with Crippen molar-refractivity contribution in [2.75, 3.05) is 5.32 Å². The molecule has 1 aromatic carbocycles. The summed E-state index contributed by atoms with van der Waals surface area (Å²) in [6.45, 7) is 4.70. The van der Waals surface area contributed by atoms with Gasteiger partial charge in [-0.25, -0.2) is 4.79 Å². The quantitative estimate of drug-likeness (QED) is 0.464. The highest BCUT2D eigenvalue weighted by atomic mass is 16.5. The monoisotopic (exact) mass is 205 g/mol. The van der Waals surface area contributed by atoms with Gasteiger partial charge in [0.2, 0.25) is 5.91 Å². The van der Waals surface area contributed by atoms with Crippen molar-refractivity contribution in [1.82, 2.24) is 0 Å². The van der Waals surface area contributed by atoms with Crippen molar-refractivity contribution in [2.45, 2.75) is 6.92 Å². The Bertz CT molecular complexity index is 381. The van der Waals surface area contributed by atoms with Gasteiger partial charge in [-0.3, -0.25) is 4.79 Å². The zero-order valence-corrected chi connectivity index (χ0v) is 8.32. The maximum absolute atomic E-state index is 10.8. The summed E-state index contributed by atoms with van der Waals surface area (Å²) in [5, 5.41) is 2.60. The number of ether oxygens (including phenoxy) is 1. The Balaban J connectivity index is 2.67. The summed E-state index contributed by atoms with van der Waals surface area (Å²) < 4.78 is 4.85. The van der Waals surface area contributed by atoms with Crippen LogP contribution < -0.4 is 10.1 Å². The summed E-state index contributed by atoms with van der Waals surface area (Å²) in [5.41, 5.74) is 0.654. The average molecular weight is 205 g/mol. The molecule has 0 aliphatic heterocycles. The van der Waals surface area contributed by atoms with Crippen LogP contribution in [0.5, 0.6) is 5.75 Å². The average Bonchev–Trinajstić information content (AvgIpc) is 2.20. The minimum atomic E-state index is -0.512. The molecule has 1 amide bonds. The van der Waals surface area contributed by atoms with Crippen LogP contribution in [0.1, 0.15) is 6.92 Å². The molecule has 0 unspecified atom stereocenters. The molecule has 0 heterocycles. The fourth-order valence-corrected chi connectivity index (χ4v) is 0.967. The second kappa shape index (κ2) is 4.95. The summed E-state index contributed by atoms with van der Waals surface area (Å²) in [7, 11) is 0. The van der Waals surface area contributed by atoms with Gasteiger partial charge >= 0.3 is 5.97 Å². The van der Waals surface area contributed by atoms with Crippen LogP contribution in [-0.4, -0.2) is 11.9 Å². The number of hydrogen-bond acceptors (Lipinski definition) is 3. The number of rotatable bonds is 3. The Labute approximate surface area is 87.6 Å². The first-order chi connectivity index (χ1) is 7.11. The fourth-order valence-electron chi connectivity index (χ4n) is 0.967. The Hall–Kier alpha value is -2.10. The molecule has 0 saturated carbocycles. The van der Waals surface area contributed by atoms with Gasteiger partial charge in [0.15, 0.2) is 0 Å². The molecule has 4 nitrogen and oxygen atoms in total. The number of esters is 1. The van der Waals surface area contributed by atoms with E-state index in [9.17, 15) is 9.59 Å². The summed E-state index contributed by atoms with van der Waals surface area (Å²) in [6.07, 6.45) is 1.09. The standard InChI is InChI=1S/C11H11NO3/c1-3-11(14)15-10-6-4-9(5-7-10)12-8(2)13/h3-7H,1H2,2H3,(H,12,13). The normalized spacial score (nSPS) is 9.13. The van der Waals surface area contributed by atoms with Crippen molar-refractivity contribution in [2.24, 2.45) is 0 Å². The van der Waals surface area contributed by atoms with Gasteiger partial charge in [-0.2, -0.15) is 0 Å². The van der Waals surface area contributed by atoms with Crippen LogP contribution in [0.4, 0.5) is 5.69 Å². The predicted octanol–water partition coefficient (Wildman–Crippen LogP) is 1.74. The van der Waals surface area contributed by atoms with Gasteiger partial charge in [0.25, 0.3) is 0 Å². The van der Waals surface area contributed by atoms with E-state index in [2.05, 4.69) is 11.9 Å². The van der Waals surface area contributed by atoms with Crippen molar-refractivity contribution < 1.29 is 14.3 Å². The van der Waals surface area contributed by atoms with Gasteiger partial charge in [0.1, 0.15) is 5.75 Å². The highest BCUT2D eigenvalue weighted by molar-refractivity contribution is 5.88. The zero-order chi connectivity index (χ0) is 11.3. The van der Waals surface area contributed by atoms with Gasteiger partial charge in [-0.15, -0.1) is 0 Å². The molecular weight excluding hydrogens is 194 g/mol. The molecule has 0 atom stereocenters. The maximum Gasteiger partial charge on any atom is 0.335 e. The highest BCUT2D eigenvalue weighted by Crippen LogP contribution is 2.15. The minimum absolute atomic E-state index is 0.147. The number of hydrogen-bond donors (Lipinski definition) is 1. The highest BCUT2D eigenvalue weighted by Gasteiger charge is 2.00. The van der Waals surface area contributed by atoms with E-state index in [0.29, 0.717) is 11.4 Å². The first-order valence-electron chi connectivity index (χ1n) is 4.33. The van der Waals surface area contributed by atoms with Crippen molar-refractivity contribution in [3.05, 3.63) is 36.9 Å². The van der Waals surface area contributed by atoms with Crippen LogP contribution >= 0.6 is 0 Å². The van der Waals surface area contributed by atoms with Crippen LogP contribution in [0, 0.1) is 0 Å². The topological polar surface area (TPSA) is 55.4 Å². The Kier molecular flexibility index (Phi) is 3.62. The van der Waals surface area contributed by atoms with E-state index in [4.69, 9.17) is 4.74 Å². The molecule has 78 valence electrons. The Morgan fingerprint density at radius 2 is 1.93 bits per heavy atom. The number of carbonyl (C=O) groups is 2. The largest absolute Gasteiger partial charge is 0.423 e. The number of nitrogens with one attached hydrogen (secondary N) is 1. The molecular formula is C11H11NO3. The first-order valence-corrected chi connectivity index (χ1v) is 4.33. The van der Waals surface area contributed by atoms with Crippen LogP contribution in [0.2, 0.25) is 0 Å². The Morgan fingerprint density at radius 1 is 1.33 bits per heavy atom. The molecule has 0 aliphatic carbocycles. The van der Waals surface area contributed by atoms with Gasteiger partial charge in [0.05, 0.1) is 0 Å². The summed E-state index contributed by atoms with van der Waals surface area (Å²) >= 11 is 0. The van der Waals surface area contributed by atoms with Crippen LogP contribution in [0.3, 0.4) is 0 Å². The molecule has 0 fully saturated rings. The van der Waals surface area contributed by atoms with Gasteiger partial charge in [0, 0.05) is 18.7 Å². The Morgan fingerprint density at radius 3 is 2.40 bits per heavy atom. The third-order valence-corrected chi connectivity index (χ3v) is 1.56. The van der Waals surface area contributed by atoms with E-state index >= 15 is 0 Å². The minimum Gasteiger partial charge on any atom is -0.423 e.